The number of amides is 1. The number of ether oxygens (including phenoxy) is 1. The predicted molar refractivity (Wildman–Crippen MR) is 72.2 cm³/mol. The molecule has 1 amide bonds. The maximum absolute atomic E-state index is 11.7. The van der Waals surface area contributed by atoms with E-state index >= 15 is 0 Å². The van der Waals surface area contributed by atoms with Crippen molar-refractivity contribution in [1.29, 1.82) is 0 Å². The highest BCUT2D eigenvalue weighted by molar-refractivity contribution is 5.81. The normalized spacial score (nSPS) is 12.1. The van der Waals surface area contributed by atoms with Crippen molar-refractivity contribution < 1.29 is 9.53 Å². The zero-order chi connectivity index (χ0) is 13.2. The van der Waals surface area contributed by atoms with Gasteiger partial charge >= 0.3 is 0 Å². The van der Waals surface area contributed by atoms with E-state index in [1.807, 2.05) is 30.3 Å². The Morgan fingerprint density at radius 2 is 2.06 bits per heavy atom. The number of nitrogens with one attached hydrogen (secondary N) is 1. The first-order valence-electron chi connectivity index (χ1n) is 6.30. The van der Waals surface area contributed by atoms with Gasteiger partial charge in [-0.2, -0.15) is 0 Å². The first-order chi connectivity index (χ1) is 8.74. The van der Waals surface area contributed by atoms with Crippen molar-refractivity contribution in [2.45, 2.75) is 25.3 Å². The second-order valence-electron chi connectivity index (χ2n) is 4.29. The minimum absolute atomic E-state index is 0.0868. The molecule has 1 aromatic rings. The van der Waals surface area contributed by atoms with E-state index in [0.717, 1.165) is 25.0 Å². The summed E-state index contributed by atoms with van der Waals surface area (Å²) in [5, 5.41) is 2.84. The van der Waals surface area contributed by atoms with Gasteiger partial charge in [-0.15, -0.1) is 0 Å². The molecule has 18 heavy (non-hydrogen) atoms. The molecule has 0 bridgehead atoms. The molecular weight excluding hydrogens is 228 g/mol. The third kappa shape index (κ3) is 5.80. The molecule has 0 radical (unpaired) electrons. The number of hydrogen-bond acceptors (Lipinski definition) is 3. The SMILES string of the molecule is COCCCCNC(=O)[C@H](N)Cc1ccccc1. The lowest BCUT2D eigenvalue weighted by atomic mass is 10.1. The first-order valence-corrected chi connectivity index (χ1v) is 6.30. The van der Waals surface area contributed by atoms with Crippen molar-refractivity contribution in [3.8, 4) is 0 Å². The lowest BCUT2D eigenvalue weighted by Gasteiger charge is -2.12. The van der Waals surface area contributed by atoms with Crippen molar-refractivity contribution in [3.05, 3.63) is 35.9 Å². The van der Waals surface area contributed by atoms with Gasteiger partial charge in [0.15, 0.2) is 0 Å². The van der Waals surface area contributed by atoms with Gasteiger partial charge in [0, 0.05) is 20.3 Å². The summed E-state index contributed by atoms with van der Waals surface area (Å²) in [6, 6.07) is 9.33. The zero-order valence-corrected chi connectivity index (χ0v) is 10.9. The molecule has 4 heteroatoms. The van der Waals surface area contributed by atoms with Crippen LogP contribution < -0.4 is 11.1 Å². The predicted octanol–water partition coefficient (Wildman–Crippen LogP) is 1.10. The Bertz CT molecular complexity index is 341. The van der Waals surface area contributed by atoms with Gasteiger partial charge in [0.05, 0.1) is 6.04 Å². The van der Waals surface area contributed by atoms with Crippen LogP contribution in [-0.2, 0) is 16.0 Å². The van der Waals surface area contributed by atoms with Gasteiger partial charge < -0.3 is 15.8 Å². The van der Waals surface area contributed by atoms with E-state index in [9.17, 15) is 4.79 Å². The summed E-state index contributed by atoms with van der Waals surface area (Å²) in [4.78, 5) is 11.7. The van der Waals surface area contributed by atoms with Gasteiger partial charge in [0.2, 0.25) is 5.91 Å². The van der Waals surface area contributed by atoms with Crippen LogP contribution in [0, 0.1) is 0 Å². The number of benzene rings is 1. The molecular formula is C14H22N2O2. The molecule has 0 saturated heterocycles. The van der Waals surface area contributed by atoms with Crippen LogP contribution in [0.1, 0.15) is 18.4 Å². The van der Waals surface area contributed by atoms with Gasteiger partial charge in [-0.25, -0.2) is 0 Å². The molecule has 1 rings (SSSR count). The van der Waals surface area contributed by atoms with Crippen LogP contribution in [0.4, 0.5) is 0 Å². The summed E-state index contributed by atoms with van der Waals surface area (Å²) in [6.45, 7) is 1.39. The Hall–Kier alpha value is -1.39. The number of methoxy groups -OCH3 is 1. The topological polar surface area (TPSA) is 64.3 Å². The summed E-state index contributed by atoms with van der Waals surface area (Å²) in [7, 11) is 1.67. The average Bonchev–Trinajstić information content (AvgIpc) is 2.39. The van der Waals surface area contributed by atoms with Gasteiger partial charge in [-0.3, -0.25) is 4.79 Å². The molecule has 3 N–H and O–H groups in total. The Morgan fingerprint density at radius 3 is 2.72 bits per heavy atom. The molecule has 0 fully saturated rings. The summed E-state index contributed by atoms with van der Waals surface area (Å²) in [5.41, 5.74) is 6.94. The number of hydrogen-bond donors (Lipinski definition) is 2. The minimum Gasteiger partial charge on any atom is -0.385 e. The largest absolute Gasteiger partial charge is 0.385 e. The van der Waals surface area contributed by atoms with E-state index in [4.69, 9.17) is 10.5 Å². The molecule has 0 aliphatic heterocycles. The van der Waals surface area contributed by atoms with Crippen LogP contribution in [0.3, 0.4) is 0 Å². The Kier molecular flexibility index (Phi) is 7.06. The maximum atomic E-state index is 11.7. The van der Waals surface area contributed by atoms with E-state index in [0.29, 0.717) is 13.0 Å². The third-order valence-electron chi connectivity index (χ3n) is 2.71. The average molecular weight is 250 g/mol. The number of unbranched alkanes of at least 4 members (excludes halogenated alkanes) is 1. The molecule has 0 unspecified atom stereocenters. The van der Waals surface area contributed by atoms with Crippen molar-refractivity contribution in [3.63, 3.8) is 0 Å². The fourth-order valence-corrected chi connectivity index (χ4v) is 1.67. The number of carbonyl (C=O) groups excluding carboxylic acids is 1. The van der Waals surface area contributed by atoms with Crippen LogP contribution in [-0.4, -0.2) is 32.2 Å². The summed E-state index contributed by atoms with van der Waals surface area (Å²) >= 11 is 0. The van der Waals surface area contributed by atoms with Crippen LogP contribution >= 0.6 is 0 Å². The van der Waals surface area contributed by atoms with E-state index in [2.05, 4.69) is 5.32 Å². The van der Waals surface area contributed by atoms with Crippen molar-refractivity contribution in [2.24, 2.45) is 5.73 Å². The summed E-state index contributed by atoms with van der Waals surface area (Å²) < 4.78 is 4.94. The molecule has 0 heterocycles. The second kappa shape index (κ2) is 8.66. The number of rotatable bonds is 8. The molecule has 1 atom stereocenters. The Balaban J connectivity index is 2.21. The highest BCUT2D eigenvalue weighted by Gasteiger charge is 2.12. The first kappa shape index (κ1) is 14.7. The fourth-order valence-electron chi connectivity index (χ4n) is 1.67. The highest BCUT2D eigenvalue weighted by Crippen LogP contribution is 2.01. The van der Waals surface area contributed by atoms with Crippen LogP contribution in [0.2, 0.25) is 0 Å². The summed E-state index contributed by atoms with van der Waals surface area (Å²) in [6.07, 6.45) is 2.44. The van der Waals surface area contributed by atoms with Crippen molar-refractivity contribution in [2.75, 3.05) is 20.3 Å². The molecule has 4 nitrogen and oxygen atoms in total. The van der Waals surface area contributed by atoms with Crippen molar-refractivity contribution in [1.82, 2.24) is 5.32 Å². The summed E-state index contributed by atoms with van der Waals surface area (Å²) in [5.74, 6) is -0.0868. The molecule has 0 aliphatic rings. The second-order valence-corrected chi connectivity index (χ2v) is 4.29. The van der Waals surface area contributed by atoms with Crippen LogP contribution in [0.15, 0.2) is 30.3 Å². The van der Waals surface area contributed by atoms with E-state index < -0.39 is 6.04 Å². The molecule has 100 valence electrons. The monoisotopic (exact) mass is 250 g/mol. The standard InChI is InChI=1S/C14H22N2O2/c1-18-10-6-5-9-16-14(17)13(15)11-12-7-3-2-4-8-12/h2-4,7-8,13H,5-6,9-11,15H2,1H3,(H,16,17)/t13-/m1/s1. The Labute approximate surface area is 109 Å². The highest BCUT2D eigenvalue weighted by atomic mass is 16.5. The number of carbonyl (C=O) groups is 1. The van der Waals surface area contributed by atoms with Gasteiger partial charge in [0.25, 0.3) is 0 Å². The molecule has 0 spiro atoms. The van der Waals surface area contributed by atoms with E-state index in [-0.39, 0.29) is 5.91 Å². The third-order valence-corrected chi connectivity index (χ3v) is 2.71. The molecule has 1 aromatic carbocycles. The minimum atomic E-state index is -0.477. The smallest absolute Gasteiger partial charge is 0.237 e. The van der Waals surface area contributed by atoms with Gasteiger partial charge in [0.1, 0.15) is 0 Å². The lowest BCUT2D eigenvalue weighted by molar-refractivity contribution is -0.122. The quantitative estimate of drug-likeness (QED) is 0.679. The maximum Gasteiger partial charge on any atom is 0.237 e. The van der Waals surface area contributed by atoms with Crippen LogP contribution in [0.5, 0.6) is 0 Å². The van der Waals surface area contributed by atoms with Crippen LogP contribution in [0.25, 0.3) is 0 Å². The fraction of sp³-hybridized carbons (Fsp3) is 0.500. The number of nitrogens with two attached hydrogens (primary N) is 1. The van der Waals surface area contributed by atoms with E-state index in [1.165, 1.54) is 0 Å². The lowest BCUT2D eigenvalue weighted by Crippen LogP contribution is -2.42. The van der Waals surface area contributed by atoms with Crippen molar-refractivity contribution >= 4 is 5.91 Å². The zero-order valence-electron chi connectivity index (χ0n) is 10.9. The molecule has 0 aliphatic carbocycles. The van der Waals surface area contributed by atoms with Gasteiger partial charge in [-0.05, 0) is 24.8 Å². The van der Waals surface area contributed by atoms with Gasteiger partial charge in [-0.1, -0.05) is 30.3 Å². The molecule has 0 aromatic heterocycles. The van der Waals surface area contributed by atoms with E-state index in [1.54, 1.807) is 7.11 Å². The molecule has 0 saturated carbocycles. The Morgan fingerprint density at radius 1 is 1.33 bits per heavy atom.